The Kier molecular flexibility index (Phi) is 6.76. The quantitative estimate of drug-likeness (QED) is 0.432. The fraction of sp³-hybridized carbons (Fsp3) is 0.304. The average molecular weight is 523 g/mol. The zero-order valence-corrected chi connectivity index (χ0v) is 19.3. The van der Waals surface area contributed by atoms with Crippen LogP contribution in [0.25, 0.3) is 10.8 Å². The molecule has 3 aromatic rings. The van der Waals surface area contributed by atoms with Crippen molar-refractivity contribution in [2.75, 3.05) is 30.8 Å². The fourth-order valence-electron chi connectivity index (χ4n) is 3.76. The Bertz CT molecular complexity index is 1160. The molecule has 1 aliphatic heterocycles. The van der Waals surface area contributed by atoms with E-state index in [-0.39, 0.29) is 17.5 Å². The number of pyridine rings is 1. The highest BCUT2D eigenvalue weighted by Gasteiger charge is 2.35. The number of rotatable bonds is 4. The predicted octanol–water partition coefficient (Wildman–Crippen LogP) is 6.13. The highest BCUT2D eigenvalue weighted by molar-refractivity contribution is 9.10. The van der Waals surface area contributed by atoms with Gasteiger partial charge in [0.15, 0.2) is 0 Å². The van der Waals surface area contributed by atoms with Gasteiger partial charge in [-0.05, 0) is 56.3 Å². The Morgan fingerprint density at radius 3 is 2.61 bits per heavy atom. The van der Waals surface area contributed by atoms with Crippen LogP contribution >= 0.6 is 15.9 Å². The fourth-order valence-corrected chi connectivity index (χ4v) is 4.24. The number of nitrogens with zero attached hydrogens (tertiary/aromatic N) is 2. The van der Waals surface area contributed by atoms with Crippen molar-refractivity contribution in [2.45, 2.75) is 25.1 Å². The Morgan fingerprint density at radius 1 is 1.12 bits per heavy atom. The number of alkyl halides is 3. The van der Waals surface area contributed by atoms with E-state index in [1.807, 2.05) is 7.05 Å². The number of hydrogen-bond acceptors (Lipinski definition) is 4. The smallest absolute Gasteiger partial charge is 0.420 e. The molecule has 6 nitrogen and oxygen atoms in total. The van der Waals surface area contributed by atoms with Gasteiger partial charge in [0.1, 0.15) is 11.9 Å². The molecule has 0 unspecified atom stereocenters. The van der Waals surface area contributed by atoms with Crippen molar-refractivity contribution in [3.05, 3.63) is 58.8 Å². The summed E-state index contributed by atoms with van der Waals surface area (Å²) in [4.78, 5) is 18.7. The Balaban J connectivity index is 1.51. The van der Waals surface area contributed by atoms with Crippen LogP contribution in [-0.4, -0.2) is 42.2 Å². The molecule has 1 aliphatic rings. The van der Waals surface area contributed by atoms with E-state index < -0.39 is 17.8 Å². The SMILES string of the molecule is CN1CCC(Oc2ccc(NC(=O)Nc3ccc(Br)c4ccncc34)cc2C(F)(F)F)CC1. The summed E-state index contributed by atoms with van der Waals surface area (Å²) in [5, 5.41) is 6.69. The molecule has 2 N–H and O–H groups in total. The van der Waals surface area contributed by atoms with Crippen molar-refractivity contribution in [3.8, 4) is 5.75 Å². The lowest BCUT2D eigenvalue weighted by molar-refractivity contribution is -0.139. The molecule has 0 bridgehead atoms. The van der Waals surface area contributed by atoms with Gasteiger partial charge in [0.2, 0.25) is 0 Å². The third-order valence-corrected chi connectivity index (χ3v) is 6.21. The number of urea groups is 1. The van der Waals surface area contributed by atoms with Gasteiger partial charge >= 0.3 is 12.2 Å². The molecule has 0 spiro atoms. The summed E-state index contributed by atoms with van der Waals surface area (Å²) in [5.41, 5.74) is -0.426. The van der Waals surface area contributed by atoms with Crippen molar-refractivity contribution >= 4 is 44.1 Å². The number of likely N-dealkylation sites (tertiary alicyclic amines) is 1. The zero-order valence-electron chi connectivity index (χ0n) is 17.7. The van der Waals surface area contributed by atoms with Crippen LogP contribution in [0.15, 0.2) is 53.3 Å². The summed E-state index contributed by atoms with van der Waals surface area (Å²) in [6.45, 7) is 1.54. The number of hydrogen-bond donors (Lipinski definition) is 2. The van der Waals surface area contributed by atoms with Gasteiger partial charge in [0, 0.05) is 46.4 Å². The monoisotopic (exact) mass is 522 g/mol. The average Bonchev–Trinajstić information content (AvgIpc) is 2.78. The highest BCUT2D eigenvalue weighted by Crippen LogP contribution is 2.39. The maximum atomic E-state index is 13.7. The lowest BCUT2D eigenvalue weighted by atomic mass is 10.1. The molecule has 33 heavy (non-hydrogen) atoms. The van der Waals surface area contributed by atoms with Gasteiger partial charge in [-0.15, -0.1) is 0 Å². The van der Waals surface area contributed by atoms with Gasteiger partial charge in [-0.3, -0.25) is 4.98 Å². The summed E-state index contributed by atoms with van der Waals surface area (Å²) >= 11 is 3.45. The van der Waals surface area contributed by atoms with Crippen molar-refractivity contribution in [1.29, 1.82) is 0 Å². The van der Waals surface area contributed by atoms with E-state index in [0.717, 1.165) is 29.0 Å². The largest absolute Gasteiger partial charge is 0.490 e. The molecule has 10 heteroatoms. The van der Waals surface area contributed by atoms with Crippen LogP contribution in [0.4, 0.5) is 29.3 Å². The van der Waals surface area contributed by atoms with Gasteiger partial charge in [-0.25, -0.2) is 4.79 Å². The van der Waals surface area contributed by atoms with Crippen molar-refractivity contribution < 1.29 is 22.7 Å². The number of nitrogens with one attached hydrogen (secondary N) is 2. The van der Waals surface area contributed by atoms with E-state index in [2.05, 4.69) is 36.4 Å². The van der Waals surface area contributed by atoms with Gasteiger partial charge in [-0.2, -0.15) is 13.2 Å². The van der Waals surface area contributed by atoms with E-state index in [1.54, 1.807) is 30.6 Å². The third-order valence-electron chi connectivity index (χ3n) is 5.52. The van der Waals surface area contributed by atoms with E-state index in [9.17, 15) is 18.0 Å². The van der Waals surface area contributed by atoms with Gasteiger partial charge in [0.25, 0.3) is 0 Å². The molecule has 2 amide bonds. The first kappa shape index (κ1) is 23.3. The second-order valence-electron chi connectivity index (χ2n) is 7.92. The molecular weight excluding hydrogens is 501 g/mol. The predicted molar refractivity (Wildman–Crippen MR) is 125 cm³/mol. The molecule has 174 valence electrons. The number of carbonyl (C=O) groups is 1. The number of fused-ring (bicyclic) bond motifs is 1. The normalized spacial score (nSPS) is 15.4. The van der Waals surface area contributed by atoms with Gasteiger partial charge in [-0.1, -0.05) is 15.9 Å². The number of amides is 2. The summed E-state index contributed by atoms with van der Waals surface area (Å²) in [6, 6.07) is 8.14. The molecule has 0 radical (unpaired) electrons. The highest BCUT2D eigenvalue weighted by atomic mass is 79.9. The maximum Gasteiger partial charge on any atom is 0.420 e. The third kappa shape index (κ3) is 5.56. The summed E-state index contributed by atoms with van der Waals surface area (Å²) in [7, 11) is 1.97. The molecule has 2 heterocycles. The minimum atomic E-state index is -4.62. The number of aromatic nitrogens is 1. The molecule has 1 saturated heterocycles. The number of ether oxygens (including phenoxy) is 1. The molecule has 0 aliphatic carbocycles. The number of piperidine rings is 1. The van der Waals surface area contributed by atoms with E-state index in [4.69, 9.17) is 4.74 Å². The Hall–Kier alpha value is -2.85. The molecule has 2 aromatic carbocycles. The second kappa shape index (κ2) is 9.56. The van der Waals surface area contributed by atoms with Crippen LogP contribution in [-0.2, 0) is 6.18 Å². The maximum absolute atomic E-state index is 13.7. The van der Waals surface area contributed by atoms with Crippen LogP contribution in [0, 0.1) is 0 Å². The van der Waals surface area contributed by atoms with Crippen LogP contribution in [0.5, 0.6) is 5.75 Å². The van der Waals surface area contributed by atoms with Gasteiger partial charge in [0.05, 0.1) is 11.3 Å². The Labute approximate surface area is 197 Å². The first-order valence-corrected chi connectivity index (χ1v) is 11.2. The van der Waals surface area contributed by atoms with Crippen LogP contribution < -0.4 is 15.4 Å². The van der Waals surface area contributed by atoms with Crippen molar-refractivity contribution in [2.24, 2.45) is 0 Å². The lowest BCUT2D eigenvalue weighted by Gasteiger charge is -2.30. The van der Waals surface area contributed by atoms with Crippen LogP contribution in [0.2, 0.25) is 0 Å². The summed E-state index contributed by atoms with van der Waals surface area (Å²) in [5.74, 6) is -0.229. The number of anilines is 2. The lowest BCUT2D eigenvalue weighted by Crippen LogP contribution is -2.36. The van der Waals surface area contributed by atoms with Gasteiger partial charge < -0.3 is 20.3 Å². The number of benzene rings is 2. The molecule has 0 saturated carbocycles. The standard InChI is InChI=1S/C23H22BrF3N4O2/c1-31-10-7-15(8-11-31)33-21-5-2-14(12-18(21)23(25,26)27)29-22(32)30-20-4-3-19(24)16-6-9-28-13-17(16)20/h2-6,9,12-13,15H,7-8,10-11H2,1H3,(H2,29,30,32). The summed E-state index contributed by atoms with van der Waals surface area (Å²) in [6.07, 6.45) is -0.345. The molecule has 1 aromatic heterocycles. The van der Waals surface area contributed by atoms with Crippen molar-refractivity contribution in [3.63, 3.8) is 0 Å². The zero-order chi connectivity index (χ0) is 23.6. The molecular formula is C23H22BrF3N4O2. The number of halogens is 4. The van der Waals surface area contributed by atoms with Crippen LogP contribution in [0.3, 0.4) is 0 Å². The minimum absolute atomic E-state index is 0.00935. The van der Waals surface area contributed by atoms with E-state index in [1.165, 1.54) is 12.1 Å². The number of carbonyl (C=O) groups excluding carboxylic acids is 1. The summed E-state index contributed by atoms with van der Waals surface area (Å²) < 4.78 is 47.7. The Morgan fingerprint density at radius 2 is 1.88 bits per heavy atom. The topological polar surface area (TPSA) is 66.5 Å². The molecule has 1 fully saturated rings. The molecule has 0 atom stereocenters. The second-order valence-corrected chi connectivity index (χ2v) is 8.78. The van der Waals surface area contributed by atoms with E-state index >= 15 is 0 Å². The van der Waals surface area contributed by atoms with Crippen molar-refractivity contribution in [1.82, 2.24) is 9.88 Å². The minimum Gasteiger partial charge on any atom is -0.490 e. The first-order chi connectivity index (χ1) is 15.7. The van der Waals surface area contributed by atoms with E-state index in [0.29, 0.717) is 23.9 Å². The molecule has 4 rings (SSSR count). The van der Waals surface area contributed by atoms with Crippen LogP contribution in [0.1, 0.15) is 18.4 Å². The first-order valence-electron chi connectivity index (χ1n) is 10.4.